The molecule has 2 aliphatic rings. The van der Waals surface area contributed by atoms with Crippen molar-refractivity contribution in [1.29, 1.82) is 0 Å². The minimum Gasteiger partial charge on any atom is -0.0775 e. The zero-order chi connectivity index (χ0) is 11.8. The second-order valence-corrected chi connectivity index (χ2v) is 4.89. The predicted octanol–water partition coefficient (Wildman–Crippen LogP) is 5.65. The van der Waals surface area contributed by atoms with Gasteiger partial charge in [-0.25, -0.2) is 0 Å². The second kappa shape index (κ2) is 7.70. The Hall–Kier alpha value is -0.520. The highest BCUT2D eigenvalue weighted by Crippen LogP contribution is 2.31. The number of hydrogen-bond acceptors (Lipinski definition) is 0. The van der Waals surface area contributed by atoms with Crippen LogP contribution in [0.2, 0.25) is 0 Å². The van der Waals surface area contributed by atoms with Crippen molar-refractivity contribution in [2.75, 3.05) is 0 Å². The van der Waals surface area contributed by atoms with Crippen molar-refractivity contribution < 1.29 is 0 Å². The molecule has 0 heteroatoms. The first-order chi connectivity index (χ1) is 7.86. The summed E-state index contributed by atoms with van der Waals surface area (Å²) in [5.41, 5.74) is 3.18. The Kier molecular flexibility index (Phi) is 6.52. The fourth-order valence-electron chi connectivity index (χ4n) is 2.80. The zero-order valence-electron chi connectivity index (χ0n) is 11.4. The number of hydrogen-bond donors (Lipinski definition) is 0. The first-order valence-corrected chi connectivity index (χ1v) is 7.22. The molecule has 0 heterocycles. The lowest BCUT2D eigenvalue weighted by Gasteiger charge is -2.21. The minimum absolute atomic E-state index is 1.04. The van der Waals surface area contributed by atoms with Gasteiger partial charge in [0.1, 0.15) is 0 Å². The van der Waals surface area contributed by atoms with E-state index in [-0.39, 0.29) is 0 Å². The first-order valence-electron chi connectivity index (χ1n) is 7.22. The molecular weight excluding hydrogens is 192 g/mol. The van der Waals surface area contributed by atoms with Crippen molar-refractivity contribution in [3.63, 3.8) is 0 Å². The summed E-state index contributed by atoms with van der Waals surface area (Å²) < 4.78 is 0. The SMILES string of the molecule is CC.CC1=CCC=C1CCC1CCCCC1. The van der Waals surface area contributed by atoms with E-state index < -0.39 is 0 Å². The van der Waals surface area contributed by atoms with Crippen molar-refractivity contribution in [2.24, 2.45) is 5.92 Å². The molecule has 0 aromatic carbocycles. The Morgan fingerprint density at radius 3 is 2.31 bits per heavy atom. The molecule has 16 heavy (non-hydrogen) atoms. The van der Waals surface area contributed by atoms with Gasteiger partial charge >= 0.3 is 0 Å². The molecule has 0 aliphatic heterocycles. The van der Waals surface area contributed by atoms with Crippen LogP contribution in [0.3, 0.4) is 0 Å². The smallest absolute Gasteiger partial charge is 0.0157 e. The molecule has 1 saturated carbocycles. The van der Waals surface area contributed by atoms with Gasteiger partial charge in [-0.15, -0.1) is 0 Å². The molecule has 0 atom stereocenters. The Labute approximate surface area is 102 Å². The topological polar surface area (TPSA) is 0 Å². The van der Waals surface area contributed by atoms with Crippen LogP contribution in [0.5, 0.6) is 0 Å². The molecule has 0 spiro atoms. The number of rotatable bonds is 3. The summed E-state index contributed by atoms with van der Waals surface area (Å²) in [5.74, 6) is 1.04. The van der Waals surface area contributed by atoms with Gasteiger partial charge in [-0.1, -0.05) is 63.7 Å². The Bertz CT molecular complexity index is 239. The Morgan fingerprint density at radius 1 is 1.06 bits per heavy atom. The first kappa shape index (κ1) is 13.5. The fraction of sp³-hybridized carbons (Fsp3) is 0.750. The van der Waals surface area contributed by atoms with Crippen LogP contribution in [0, 0.1) is 5.92 Å². The minimum atomic E-state index is 1.04. The maximum Gasteiger partial charge on any atom is -0.0157 e. The summed E-state index contributed by atoms with van der Waals surface area (Å²) in [7, 11) is 0. The van der Waals surface area contributed by atoms with Crippen LogP contribution in [0.4, 0.5) is 0 Å². The van der Waals surface area contributed by atoms with Gasteiger partial charge in [-0.3, -0.25) is 0 Å². The molecular formula is C16H28. The third-order valence-electron chi connectivity index (χ3n) is 3.84. The summed E-state index contributed by atoms with van der Waals surface area (Å²) in [6, 6.07) is 0. The van der Waals surface area contributed by atoms with Gasteiger partial charge in [-0.05, 0) is 37.7 Å². The molecule has 0 bridgehead atoms. The Morgan fingerprint density at radius 2 is 1.75 bits per heavy atom. The van der Waals surface area contributed by atoms with Gasteiger partial charge in [0, 0.05) is 0 Å². The molecule has 0 amide bonds. The van der Waals surface area contributed by atoms with E-state index in [1.807, 2.05) is 13.8 Å². The van der Waals surface area contributed by atoms with Crippen molar-refractivity contribution >= 4 is 0 Å². The molecule has 0 saturated heterocycles. The summed E-state index contributed by atoms with van der Waals surface area (Å²) in [6.45, 7) is 6.26. The standard InChI is InChI=1S/C14H22.C2H6/c1-12-6-5-9-14(12)11-10-13-7-3-2-4-8-13;1-2/h6,9,13H,2-5,7-8,10-11H2,1H3;1-2H3. The van der Waals surface area contributed by atoms with E-state index in [4.69, 9.17) is 0 Å². The quantitative estimate of drug-likeness (QED) is 0.576. The van der Waals surface area contributed by atoms with Crippen molar-refractivity contribution in [2.45, 2.75) is 72.1 Å². The lowest BCUT2D eigenvalue weighted by Crippen LogP contribution is -2.06. The monoisotopic (exact) mass is 220 g/mol. The summed E-state index contributed by atoms with van der Waals surface area (Å²) in [4.78, 5) is 0. The lowest BCUT2D eigenvalue weighted by molar-refractivity contribution is 0.339. The maximum absolute atomic E-state index is 2.41. The molecule has 2 rings (SSSR count). The lowest BCUT2D eigenvalue weighted by atomic mass is 9.85. The van der Waals surface area contributed by atoms with Crippen LogP contribution in [0.1, 0.15) is 72.1 Å². The largest absolute Gasteiger partial charge is 0.0775 e. The van der Waals surface area contributed by atoms with Crippen LogP contribution in [0.25, 0.3) is 0 Å². The maximum atomic E-state index is 2.41. The molecule has 0 N–H and O–H groups in total. The van der Waals surface area contributed by atoms with Crippen LogP contribution in [-0.2, 0) is 0 Å². The number of allylic oxidation sites excluding steroid dienone is 4. The summed E-state index contributed by atoms with van der Waals surface area (Å²) in [5, 5.41) is 0. The third kappa shape index (κ3) is 4.15. The molecule has 0 unspecified atom stereocenters. The normalized spacial score (nSPS) is 20.9. The van der Waals surface area contributed by atoms with Gasteiger partial charge in [0.2, 0.25) is 0 Å². The predicted molar refractivity (Wildman–Crippen MR) is 73.6 cm³/mol. The van der Waals surface area contributed by atoms with Crippen LogP contribution in [-0.4, -0.2) is 0 Å². The van der Waals surface area contributed by atoms with Gasteiger partial charge < -0.3 is 0 Å². The van der Waals surface area contributed by atoms with Crippen molar-refractivity contribution in [1.82, 2.24) is 0 Å². The van der Waals surface area contributed by atoms with Crippen LogP contribution >= 0.6 is 0 Å². The van der Waals surface area contributed by atoms with Gasteiger partial charge in [0.15, 0.2) is 0 Å². The summed E-state index contributed by atoms with van der Waals surface area (Å²) in [6.07, 6.45) is 16.2. The van der Waals surface area contributed by atoms with Gasteiger partial charge in [-0.2, -0.15) is 0 Å². The fourth-order valence-corrected chi connectivity index (χ4v) is 2.80. The molecule has 1 fully saturated rings. The molecule has 0 aromatic rings. The van der Waals surface area contributed by atoms with E-state index in [9.17, 15) is 0 Å². The van der Waals surface area contributed by atoms with Gasteiger partial charge in [0.25, 0.3) is 0 Å². The molecule has 92 valence electrons. The van der Waals surface area contributed by atoms with E-state index in [2.05, 4.69) is 19.1 Å². The van der Waals surface area contributed by atoms with Crippen molar-refractivity contribution in [3.05, 3.63) is 23.3 Å². The summed E-state index contributed by atoms with van der Waals surface area (Å²) >= 11 is 0. The average Bonchev–Trinajstić information content (AvgIpc) is 2.76. The highest BCUT2D eigenvalue weighted by molar-refractivity contribution is 5.35. The highest BCUT2D eigenvalue weighted by Gasteiger charge is 2.14. The van der Waals surface area contributed by atoms with E-state index in [1.54, 1.807) is 11.1 Å². The van der Waals surface area contributed by atoms with E-state index in [0.717, 1.165) is 5.92 Å². The molecule has 2 aliphatic carbocycles. The zero-order valence-corrected chi connectivity index (χ0v) is 11.4. The van der Waals surface area contributed by atoms with E-state index in [0.29, 0.717) is 0 Å². The Balaban J connectivity index is 0.000000606. The van der Waals surface area contributed by atoms with E-state index in [1.165, 1.54) is 51.4 Å². The highest BCUT2D eigenvalue weighted by atomic mass is 14.2. The molecule has 0 radical (unpaired) electrons. The second-order valence-electron chi connectivity index (χ2n) is 4.89. The average molecular weight is 220 g/mol. The van der Waals surface area contributed by atoms with Crippen LogP contribution < -0.4 is 0 Å². The molecule has 0 aromatic heterocycles. The van der Waals surface area contributed by atoms with Crippen molar-refractivity contribution in [3.8, 4) is 0 Å². The van der Waals surface area contributed by atoms with Crippen LogP contribution in [0.15, 0.2) is 23.3 Å². The molecule has 0 nitrogen and oxygen atoms in total. The van der Waals surface area contributed by atoms with E-state index >= 15 is 0 Å². The third-order valence-corrected chi connectivity index (χ3v) is 3.84. The van der Waals surface area contributed by atoms with Gasteiger partial charge in [0.05, 0.1) is 0 Å².